The van der Waals surface area contributed by atoms with Gasteiger partial charge in [0.25, 0.3) is 0 Å². The Kier molecular flexibility index (Phi) is 3.55. The first-order chi connectivity index (χ1) is 6.49. The molecule has 14 heavy (non-hydrogen) atoms. The molecule has 1 N–H and O–H groups in total. The van der Waals surface area contributed by atoms with Crippen LogP contribution in [0.3, 0.4) is 0 Å². The zero-order valence-corrected chi connectivity index (χ0v) is 8.91. The highest BCUT2D eigenvalue weighted by atomic mass is 79.9. The van der Waals surface area contributed by atoms with E-state index >= 15 is 0 Å². The van der Waals surface area contributed by atoms with Gasteiger partial charge in [-0.3, -0.25) is 0 Å². The fourth-order valence-electron chi connectivity index (χ4n) is 1.05. The van der Waals surface area contributed by atoms with E-state index in [0.717, 1.165) is 6.07 Å². The molecule has 0 radical (unpaired) electrons. The summed E-state index contributed by atoms with van der Waals surface area (Å²) in [5.74, 6) is -3.82. The van der Waals surface area contributed by atoms with E-state index in [9.17, 15) is 13.2 Å². The van der Waals surface area contributed by atoms with Crippen molar-refractivity contribution in [3.8, 4) is 0 Å². The van der Waals surface area contributed by atoms with Crippen molar-refractivity contribution in [2.24, 2.45) is 0 Å². The molecule has 0 saturated carbocycles. The minimum absolute atomic E-state index is 0.0433. The smallest absolute Gasteiger partial charge is 0.175 e. The lowest BCUT2D eigenvalue weighted by molar-refractivity contribution is 0.269. The molecule has 0 saturated heterocycles. The van der Waals surface area contributed by atoms with Crippen molar-refractivity contribution in [3.05, 3.63) is 33.6 Å². The molecule has 0 aliphatic rings. The van der Waals surface area contributed by atoms with Crippen LogP contribution in [0.1, 0.15) is 18.4 Å². The molecule has 1 nitrogen and oxygen atoms in total. The van der Waals surface area contributed by atoms with Gasteiger partial charge in [0.2, 0.25) is 0 Å². The Morgan fingerprint density at radius 1 is 1.36 bits per heavy atom. The van der Waals surface area contributed by atoms with Gasteiger partial charge in [0.05, 0.1) is 4.47 Å². The van der Waals surface area contributed by atoms with Crippen LogP contribution in [-0.4, -0.2) is 11.7 Å². The topological polar surface area (TPSA) is 20.2 Å². The molecule has 1 rings (SSSR count). The van der Waals surface area contributed by atoms with E-state index in [4.69, 9.17) is 5.11 Å². The fraction of sp³-hybridized carbons (Fsp3) is 0.333. The van der Waals surface area contributed by atoms with Crippen molar-refractivity contribution in [2.45, 2.75) is 12.8 Å². The van der Waals surface area contributed by atoms with E-state index < -0.39 is 27.8 Å². The van der Waals surface area contributed by atoms with Crippen molar-refractivity contribution in [1.29, 1.82) is 0 Å². The summed E-state index contributed by atoms with van der Waals surface area (Å²) in [6.45, 7) is 1.19. The quantitative estimate of drug-likeness (QED) is 0.646. The lowest BCUT2D eigenvalue weighted by Crippen LogP contribution is -2.05. The molecular weight excluding hydrogens is 261 g/mol. The van der Waals surface area contributed by atoms with Crippen LogP contribution in [0.2, 0.25) is 0 Å². The summed E-state index contributed by atoms with van der Waals surface area (Å²) < 4.78 is 38.5. The van der Waals surface area contributed by atoms with E-state index in [-0.39, 0.29) is 12.2 Å². The molecule has 5 heteroatoms. The third-order valence-electron chi connectivity index (χ3n) is 1.94. The van der Waals surface area contributed by atoms with Gasteiger partial charge >= 0.3 is 0 Å². The van der Waals surface area contributed by atoms with Crippen molar-refractivity contribution in [2.75, 3.05) is 6.61 Å². The Balaban J connectivity index is 3.33. The number of benzene rings is 1. The maximum absolute atomic E-state index is 13.3. The zero-order valence-electron chi connectivity index (χ0n) is 7.32. The largest absolute Gasteiger partial charge is 0.396 e. The maximum Gasteiger partial charge on any atom is 0.175 e. The number of halogens is 4. The number of aliphatic hydroxyl groups excluding tert-OH is 1. The Bertz CT molecular complexity index is 354. The predicted octanol–water partition coefficient (Wildman–Crippen LogP) is 2.96. The van der Waals surface area contributed by atoms with Crippen LogP contribution in [0.4, 0.5) is 13.2 Å². The van der Waals surface area contributed by atoms with Crippen molar-refractivity contribution in [3.63, 3.8) is 0 Å². The highest BCUT2D eigenvalue weighted by Crippen LogP contribution is 2.29. The van der Waals surface area contributed by atoms with Crippen LogP contribution in [0.5, 0.6) is 0 Å². The average molecular weight is 269 g/mol. The van der Waals surface area contributed by atoms with Crippen molar-refractivity contribution in [1.82, 2.24) is 0 Å². The van der Waals surface area contributed by atoms with Crippen LogP contribution >= 0.6 is 15.9 Å². The van der Waals surface area contributed by atoms with Crippen LogP contribution in [0, 0.1) is 17.5 Å². The standard InChI is InChI=1S/C9H8BrF3O/c1-4(3-14)5-2-6(11)9(13)7(10)8(5)12/h2,4,14H,3H2,1H3. The van der Waals surface area contributed by atoms with Crippen LogP contribution in [0.25, 0.3) is 0 Å². The first-order valence-electron chi connectivity index (χ1n) is 3.92. The molecule has 1 aromatic rings. The van der Waals surface area contributed by atoms with Gasteiger partial charge in [0, 0.05) is 12.5 Å². The van der Waals surface area contributed by atoms with E-state index in [1.54, 1.807) is 0 Å². The summed E-state index contributed by atoms with van der Waals surface area (Å²) in [6, 6.07) is 0.760. The molecule has 1 unspecified atom stereocenters. The Hall–Kier alpha value is -0.550. The summed E-state index contributed by atoms with van der Waals surface area (Å²) >= 11 is 2.61. The Labute approximate surface area is 87.7 Å². The van der Waals surface area contributed by atoms with E-state index in [1.807, 2.05) is 0 Å². The minimum Gasteiger partial charge on any atom is -0.396 e. The Morgan fingerprint density at radius 2 is 1.93 bits per heavy atom. The van der Waals surface area contributed by atoms with Gasteiger partial charge in [0.15, 0.2) is 11.6 Å². The average Bonchev–Trinajstić information content (AvgIpc) is 2.19. The summed E-state index contributed by atoms with van der Waals surface area (Å²) in [7, 11) is 0. The molecule has 0 spiro atoms. The minimum atomic E-state index is -1.25. The lowest BCUT2D eigenvalue weighted by atomic mass is 10.0. The van der Waals surface area contributed by atoms with Crippen LogP contribution in [0.15, 0.2) is 10.5 Å². The second kappa shape index (κ2) is 4.31. The third-order valence-corrected chi connectivity index (χ3v) is 2.63. The van der Waals surface area contributed by atoms with Gasteiger partial charge in [-0.25, -0.2) is 13.2 Å². The molecule has 0 bridgehead atoms. The first-order valence-corrected chi connectivity index (χ1v) is 4.72. The van der Waals surface area contributed by atoms with Gasteiger partial charge in [-0.1, -0.05) is 6.92 Å². The maximum atomic E-state index is 13.3. The molecule has 1 atom stereocenters. The number of rotatable bonds is 2. The van der Waals surface area contributed by atoms with Gasteiger partial charge in [-0.2, -0.15) is 0 Å². The van der Waals surface area contributed by atoms with E-state index in [0.29, 0.717) is 0 Å². The molecule has 0 aromatic heterocycles. The van der Waals surface area contributed by atoms with Crippen molar-refractivity contribution >= 4 is 15.9 Å². The van der Waals surface area contributed by atoms with Gasteiger partial charge in [-0.15, -0.1) is 0 Å². The lowest BCUT2D eigenvalue weighted by Gasteiger charge is -2.11. The third kappa shape index (κ3) is 1.93. The number of hydrogen-bond donors (Lipinski definition) is 1. The second-order valence-electron chi connectivity index (χ2n) is 2.97. The molecule has 0 heterocycles. The molecule has 0 aliphatic heterocycles. The van der Waals surface area contributed by atoms with Gasteiger partial charge < -0.3 is 5.11 Å². The van der Waals surface area contributed by atoms with E-state index in [2.05, 4.69) is 15.9 Å². The molecule has 0 fully saturated rings. The fourth-order valence-corrected chi connectivity index (χ4v) is 1.47. The summed E-state index contributed by atoms with van der Waals surface area (Å²) in [6.07, 6.45) is 0. The monoisotopic (exact) mass is 268 g/mol. The molecular formula is C9H8BrF3O. The summed E-state index contributed by atoms with van der Waals surface area (Å²) in [5, 5.41) is 8.77. The highest BCUT2D eigenvalue weighted by Gasteiger charge is 2.19. The summed E-state index contributed by atoms with van der Waals surface area (Å²) in [4.78, 5) is 0. The van der Waals surface area contributed by atoms with Crippen LogP contribution in [-0.2, 0) is 0 Å². The Morgan fingerprint density at radius 3 is 2.43 bits per heavy atom. The molecule has 0 amide bonds. The molecule has 0 aliphatic carbocycles. The molecule has 78 valence electrons. The van der Waals surface area contributed by atoms with E-state index in [1.165, 1.54) is 6.92 Å². The highest BCUT2D eigenvalue weighted by molar-refractivity contribution is 9.10. The number of aliphatic hydroxyl groups is 1. The second-order valence-corrected chi connectivity index (χ2v) is 3.77. The normalized spacial score (nSPS) is 13.0. The molecule has 1 aromatic carbocycles. The zero-order chi connectivity index (χ0) is 10.9. The SMILES string of the molecule is CC(CO)c1cc(F)c(F)c(Br)c1F. The summed E-state index contributed by atoms with van der Waals surface area (Å²) in [5.41, 5.74) is -0.0433. The van der Waals surface area contributed by atoms with Gasteiger partial charge in [0.1, 0.15) is 5.82 Å². The van der Waals surface area contributed by atoms with Gasteiger partial charge in [-0.05, 0) is 27.6 Å². The van der Waals surface area contributed by atoms with Crippen molar-refractivity contribution < 1.29 is 18.3 Å². The van der Waals surface area contributed by atoms with Crippen LogP contribution < -0.4 is 0 Å². The predicted molar refractivity (Wildman–Crippen MR) is 49.5 cm³/mol. The number of hydrogen-bond acceptors (Lipinski definition) is 1. The first kappa shape index (κ1) is 11.5.